The Morgan fingerprint density at radius 1 is 1.41 bits per heavy atom. The molecule has 2 aliphatic carbocycles. The van der Waals surface area contributed by atoms with Crippen LogP contribution in [0.15, 0.2) is 23.8 Å². The predicted molar refractivity (Wildman–Crippen MR) is 71.8 cm³/mol. The van der Waals surface area contributed by atoms with Gasteiger partial charge in [-0.3, -0.25) is 0 Å². The zero-order valence-electron chi connectivity index (χ0n) is 11.0. The van der Waals surface area contributed by atoms with E-state index in [1.165, 1.54) is 12.8 Å². The smallest absolute Gasteiger partial charge is 0.0494 e. The molecule has 0 radical (unpaired) electrons. The van der Waals surface area contributed by atoms with Crippen molar-refractivity contribution in [2.75, 3.05) is 13.2 Å². The fourth-order valence-corrected chi connectivity index (χ4v) is 3.08. The molecule has 2 heteroatoms. The summed E-state index contributed by atoms with van der Waals surface area (Å²) in [6.07, 6.45) is 10.4. The number of rotatable bonds is 4. The van der Waals surface area contributed by atoms with Crippen LogP contribution < -0.4 is 5.32 Å². The fraction of sp³-hybridized carbons (Fsp3) is 0.733. The number of hydrogen-bond acceptors (Lipinski definition) is 2. The molecule has 0 heterocycles. The van der Waals surface area contributed by atoms with Crippen LogP contribution in [0.1, 0.15) is 33.1 Å². The molecule has 0 aromatic heterocycles. The zero-order chi connectivity index (χ0) is 12.3. The van der Waals surface area contributed by atoms with Crippen molar-refractivity contribution in [1.82, 2.24) is 5.32 Å². The summed E-state index contributed by atoms with van der Waals surface area (Å²) in [5.74, 6) is 1.87. The molecule has 2 unspecified atom stereocenters. The highest BCUT2D eigenvalue weighted by Gasteiger charge is 2.24. The topological polar surface area (TPSA) is 32.3 Å². The third-order valence-corrected chi connectivity index (χ3v) is 4.37. The largest absolute Gasteiger partial charge is 0.396 e. The summed E-state index contributed by atoms with van der Waals surface area (Å²) in [6.45, 7) is 6.00. The molecule has 2 aliphatic rings. The molecule has 2 N–H and O–H groups in total. The van der Waals surface area contributed by atoms with E-state index in [0.717, 1.165) is 18.9 Å². The molecule has 2 rings (SSSR count). The Morgan fingerprint density at radius 2 is 2.24 bits per heavy atom. The van der Waals surface area contributed by atoms with Gasteiger partial charge in [0.1, 0.15) is 0 Å². The van der Waals surface area contributed by atoms with E-state index in [9.17, 15) is 0 Å². The van der Waals surface area contributed by atoms with E-state index < -0.39 is 0 Å². The SMILES string of the molecule is CC1=CCCC(C)C1CN[C@@H]1C=C[C@H](CO)C1. The van der Waals surface area contributed by atoms with E-state index in [1.54, 1.807) is 5.57 Å². The van der Waals surface area contributed by atoms with E-state index >= 15 is 0 Å². The van der Waals surface area contributed by atoms with Crippen LogP contribution in [0.25, 0.3) is 0 Å². The first-order valence-corrected chi connectivity index (χ1v) is 6.90. The Morgan fingerprint density at radius 3 is 2.88 bits per heavy atom. The molecule has 0 aromatic carbocycles. The Kier molecular flexibility index (Phi) is 4.41. The molecular weight excluding hydrogens is 210 g/mol. The first-order chi connectivity index (χ1) is 8.20. The number of nitrogens with one attached hydrogen (secondary N) is 1. The molecular formula is C15H25NO. The van der Waals surface area contributed by atoms with Crippen molar-refractivity contribution in [3.8, 4) is 0 Å². The van der Waals surface area contributed by atoms with Crippen LogP contribution >= 0.6 is 0 Å². The van der Waals surface area contributed by atoms with Crippen molar-refractivity contribution in [2.24, 2.45) is 17.8 Å². The van der Waals surface area contributed by atoms with Gasteiger partial charge in [-0.2, -0.15) is 0 Å². The van der Waals surface area contributed by atoms with Crippen LogP contribution in [0.4, 0.5) is 0 Å². The highest BCUT2D eigenvalue weighted by molar-refractivity contribution is 5.11. The van der Waals surface area contributed by atoms with E-state index in [2.05, 4.69) is 37.4 Å². The minimum Gasteiger partial charge on any atom is -0.396 e. The zero-order valence-corrected chi connectivity index (χ0v) is 11.0. The molecule has 96 valence electrons. The maximum absolute atomic E-state index is 9.10. The van der Waals surface area contributed by atoms with Crippen molar-refractivity contribution in [1.29, 1.82) is 0 Å². The second kappa shape index (κ2) is 5.83. The van der Waals surface area contributed by atoms with Crippen LogP contribution in [-0.2, 0) is 0 Å². The van der Waals surface area contributed by atoms with Gasteiger partial charge >= 0.3 is 0 Å². The molecule has 0 bridgehead atoms. The lowest BCUT2D eigenvalue weighted by Gasteiger charge is -2.30. The Bertz CT molecular complexity index is 308. The summed E-state index contributed by atoms with van der Waals surface area (Å²) in [7, 11) is 0. The van der Waals surface area contributed by atoms with Gasteiger partial charge in [-0.25, -0.2) is 0 Å². The van der Waals surface area contributed by atoms with Crippen LogP contribution in [0.2, 0.25) is 0 Å². The van der Waals surface area contributed by atoms with Crippen molar-refractivity contribution >= 4 is 0 Å². The Labute approximate surface area is 105 Å². The third-order valence-electron chi connectivity index (χ3n) is 4.37. The average Bonchev–Trinajstić information content (AvgIpc) is 2.76. The summed E-state index contributed by atoms with van der Waals surface area (Å²) >= 11 is 0. The van der Waals surface area contributed by atoms with Gasteiger partial charge in [-0.05, 0) is 38.0 Å². The number of aliphatic hydroxyl groups excluding tert-OH is 1. The van der Waals surface area contributed by atoms with Crippen LogP contribution in [0.3, 0.4) is 0 Å². The molecule has 0 amide bonds. The first-order valence-electron chi connectivity index (χ1n) is 6.90. The highest BCUT2D eigenvalue weighted by Crippen LogP contribution is 2.29. The van der Waals surface area contributed by atoms with Crippen molar-refractivity contribution in [3.63, 3.8) is 0 Å². The summed E-state index contributed by atoms with van der Waals surface area (Å²) < 4.78 is 0. The summed E-state index contributed by atoms with van der Waals surface area (Å²) in [5.41, 5.74) is 1.55. The Hall–Kier alpha value is -0.600. The van der Waals surface area contributed by atoms with Gasteiger partial charge in [0.05, 0.1) is 0 Å². The first kappa shape index (κ1) is 12.8. The third kappa shape index (κ3) is 3.20. The van der Waals surface area contributed by atoms with Crippen LogP contribution in [0.5, 0.6) is 0 Å². The quantitative estimate of drug-likeness (QED) is 0.734. The van der Waals surface area contributed by atoms with Crippen molar-refractivity contribution in [2.45, 2.75) is 39.2 Å². The minimum atomic E-state index is 0.285. The lowest BCUT2D eigenvalue weighted by atomic mass is 9.80. The highest BCUT2D eigenvalue weighted by atomic mass is 16.3. The normalized spacial score (nSPS) is 37.2. The molecule has 4 atom stereocenters. The van der Waals surface area contributed by atoms with Crippen molar-refractivity contribution < 1.29 is 5.11 Å². The molecule has 2 nitrogen and oxygen atoms in total. The van der Waals surface area contributed by atoms with Crippen LogP contribution in [-0.4, -0.2) is 24.3 Å². The van der Waals surface area contributed by atoms with Gasteiger partial charge in [-0.1, -0.05) is 30.7 Å². The molecule has 0 spiro atoms. The molecule has 17 heavy (non-hydrogen) atoms. The van der Waals surface area contributed by atoms with E-state index in [4.69, 9.17) is 5.11 Å². The second-order valence-corrected chi connectivity index (χ2v) is 5.69. The van der Waals surface area contributed by atoms with Gasteiger partial charge in [0.15, 0.2) is 0 Å². The number of hydrogen-bond donors (Lipinski definition) is 2. The predicted octanol–water partition coefficient (Wildman–Crippen LogP) is 2.51. The second-order valence-electron chi connectivity index (χ2n) is 5.69. The van der Waals surface area contributed by atoms with Gasteiger partial charge in [0.25, 0.3) is 0 Å². The summed E-state index contributed by atoms with van der Waals surface area (Å²) in [4.78, 5) is 0. The minimum absolute atomic E-state index is 0.285. The van der Waals surface area contributed by atoms with Crippen LogP contribution in [0, 0.1) is 17.8 Å². The average molecular weight is 235 g/mol. The van der Waals surface area contributed by atoms with E-state index in [1.807, 2.05) is 0 Å². The molecule has 0 aromatic rings. The molecule has 0 fully saturated rings. The maximum Gasteiger partial charge on any atom is 0.0494 e. The summed E-state index contributed by atoms with van der Waals surface area (Å²) in [5, 5.41) is 12.7. The Balaban J connectivity index is 1.80. The van der Waals surface area contributed by atoms with E-state index in [0.29, 0.717) is 17.9 Å². The molecule has 0 saturated heterocycles. The fourth-order valence-electron chi connectivity index (χ4n) is 3.08. The standard InChI is InChI=1S/C15H25NO/c1-11-4-3-5-12(2)15(11)9-16-14-7-6-13(8-14)10-17/h4,6-7,12-17H,3,5,8-10H2,1-2H3/t12?,13-,14+,15?/m0/s1. The lowest BCUT2D eigenvalue weighted by Crippen LogP contribution is -2.35. The maximum atomic E-state index is 9.10. The monoisotopic (exact) mass is 235 g/mol. The van der Waals surface area contributed by atoms with Gasteiger partial charge in [0.2, 0.25) is 0 Å². The van der Waals surface area contributed by atoms with Gasteiger partial charge in [-0.15, -0.1) is 0 Å². The van der Waals surface area contributed by atoms with Gasteiger partial charge < -0.3 is 10.4 Å². The molecule has 0 saturated carbocycles. The number of allylic oxidation sites excluding steroid dienone is 1. The number of aliphatic hydroxyl groups is 1. The van der Waals surface area contributed by atoms with E-state index in [-0.39, 0.29) is 6.61 Å². The van der Waals surface area contributed by atoms with Gasteiger partial charge in [0, 0.05) is 25.1 Å². The summed E-state index contributed by atoms with van der Waals surface area (Å²) in [6, 6.07) is 0.467. The lowest BCUT2D eigenvalue weighted by molar-refractivity contribution is 0.244. The molecule has 0 aliphatic heterocycles. The van der Waals surface area contributed by atoms with Crippen molar-refractivity contribution in [3.05, 3.63) is 23.8 Å².